The fourth-order valence-electron chi connectivity index (χ4n) is 1.85. The van der Waals surface area contributed by atoms with Gasteiger partial charge in [-0.3, -0.25) is 0 Å². The summed E-state index contributed by atoms with van der Waals surface area (Å²) in [6.45, 7) is 15.1. The van der Waals surface area contributed by atoms with Crippen molar-refractivity contribution >= 4 is 6.09 Å². The highest BCUT2D eigenvalue weighted by Crippen LogP contribution is 2.11. The van der Waals surface area contributed by atoms with Gasteiger partial charge in [0.25, 0.3) is 0 Å². The molecule has 0 fully saturated rings. The highest BCUT2D eigenvalue weighted by atomic mass is 16.6. The van der Waals surface area contributed by atoms with Gasteiger partial charge in [-0.1, -0.05) is 12.1 Å². The summed E-state index contributed by atoms with van der Waals surface area (Å²) in [5.74, 6) is 0. The van der Waals surface area contributed by atoms with Gasteiger partial charge in [-0.05, 0) is 48.0 Å². The van der Waals surface area contributed by atoms with Crippen molar-refractivity contribution in [1.29, 1.82) is 0 Å². The number of ether oxygens (including phenoxy) is 1. The molecule has 0 spiro atoms. The summed E-state index contributed by atoms with van der Waals surface area (Å²) in [6.07, 6.45) is 2.38. The Balaban J connectivity index is 2.40. The minimum Gasteiger partial charge on any atom is -0.444 e. The summed E-state index contributed by atoms with van der Waals surface area (Å²) in [5, 5.41) is 14.5. The van der Waals surface area contributed by atoms with Crippen molar-refractivity contribution < 1.29 is 9.53 Å². The maximum Gasteiger partial charge on any atom is 0.407 e. The molecule has 1 aromatic heterocycles. The van der Waals surface area contributed by atoms with Gasteiger partial charge in [0.15, 0.2) is 0 Å². The Morgan fingerprint density at radius 3 is 2.43 bits per heavy atom. The van der Waals surface area contributed by atoms with E-state index in [0.29, 0.717) is 13.1 Å². The smallest absolute Gasteiger partial charge is 0.407 e. The molecule has 7 heteroatoms. The minimum atomic E-state index is -0.485. The molecule has 0 aliphatic carbocycles. The molecule has 1 heterocycles. The Bertz CT molecular complexity index is 499. The van der Waals surface area contributed by atoms with Crippen molar-refractivity contribution in [2.45, 2.75) is 78.6 Å². The third-order valence-electron chi connectivity index (χ3n) is 3.14. The lowest BCUT2D eigenvalue weighted by Gasteiger charge is -2.23. The van der Waals surface area contributed by atoms with Gasteiger partial charge in [0.2, 0.25) is 0 Å². The molecular weight excluding hydrogens is 294 g/mol. The Morgan fingerprint density at radius 1 is 1.30 bits per heavy atom. The van der Waals surface area contributed by atoms with E-state index in [1.54, 1.807) is 0 Å². The summed E-state index contributed by atoms with van der Waals surface area (Å²) in [5.41, 5.74) is 0.323. The van der Waals surface area contributed by atoms with E-state index in [4.69, 9.17) is 4.74 Å². The topological polar surface area (TPSA) is 81.1 Å². The van der Waals surface area contributed by atoms with Crippen LogP contribution < -0.4 is 10.6 Å². The zero-order valence-electron chi connectivity index (χ0n) is 15.4. The first-order chi connectivity index (χ1) is 10.5. The third kappa shape index (κ3) is 7.45. The largest absolute Gasteiger partial charge is 0.444 e. The van der Waals surface area contributed by atoms with Gasteiger partial charge in [0.05, 0.1) is 17.4 Å². The molecule has 1 amide bonds. The molecule has 1 rings (SSSR count). The first-order valence-electron chi connectivity index (χ1n) is 8.13. The highest BCUT2D eigenvalue weighted by molar-refractivity contribution is 5.68. The van der Waals surface area contributed by atoms with Crippen LogP contribution in [0.5, 0.6) is 0 Å². The molecule has 1 aromatic rings. The normalized spacial score (nSPS) is 13.7. The van der Waals surface area contributed by atoms with E-state index in [9.17, 15) is 4.79 Å². The van der Waals surface area contributed by atoms with E-state index in [0.717, 1.165) is 12.1 Å². The molecule has 0 radical (unpaired) electrons. The fourth-order valence-corrected chi connectivity index (χ4v) is 1.85. The maximum atomic E-state index is 11.8. The van der Waals surface area contributed by atoms with Gasteiger partial charge < -0.3 is 15.4 Å². The van der Waals surface area contributed by atoms with Crippen LogP contribution in [0.1, 0.15) is 60.6 Å². The van der Waals surface area contributed by atoms with Crippen LogP contribution in [0.3, 0.4) is 0 Å². The van der Waals surface area contributed by atoms with Crippen LogP contribution in [-0.4, -0.2) is 39.3 Å². The number of nitrogens with zero attached hydrogens (tertiary/aromatic N) is 3. The lowest BCUT2D eigenvalue weighted by molar-refractivity contribution is 0.0502. The van der Waals surface area contributed by atoms with E-state index in [2.05, 4.69) is 41.7 Å². The van der Waals surface area contributed by atoms with Crippen LogP contribution in [0, 0.1) is 0 Å². The van der Waals surface area contributed by atoms with Crippen molar-refractivity contribution in [2.75, 3.05) is 6.54 Å². The molecule has 0 bridgehead atoms. The molecule has 1 unspecified atom stereocenters. The van der Waals surface area contributed by atoms with E-state index < -0.39 is 5.60 Å². The first-order valence-corrected chi connectivity index (χ1v) is 8.13. The number of aromatic nitrogens is 3. The molecule has 2 N–H and O–H groups in total. The molecule has 0 saturated heterocycles. The van der Waals surface area contributed by atoms with Gasteiger partial charge in [-0.15, -0.1) is 5.10 Å². The molecule has 1 atom stereocenters. The number of carbonyl (C=O) groups is 1. The van der Waals surface area contributed by atoms with Crippen molar-refractivity contribution in [3.8, 4) is 0 Å². The SMILES string of the molecule is CCC(CNCc1cn(C(C)(C)C)nn1)NC(=O)OC(C)(C)C. The van der Waals surface area contributed by atoms with E-state index in [1.807, 2.05) is 38.6 Å². The maximum absolute atomic E-state index is 11.8. The summed E-state index contributed by atoms with van der Waals surface area (Å²) in [4.78, 5) is 11.8. The summed E-state index contributed by atoms with van der Waals surface area (Å²) in [6, 6.07) is 0.0162. The molecule has 0 aliphatic rings. The minimum absolute atomic E-state index is 0.0162. The van der Waals surface area contributed by atoms with Crippen LogP contribution in [-0.2, 0) is 16.8 Å². The second kappa shape index (κ2) is 7.77. The molecule has 0 saturated carbocycles. The number of rotatable bonds is 6. The molecule has 7 nitrogen and oxygen atoms in total. The lowest BCUT2D eigenvalue weighted by Crippen LogP contribution is -2.43. The zero-order valence-corrected chi connectivity index (χ0v) is 15.4. The predicted molar refractivity (Wildman–Crippen MR) is 90.2 cm³/mol. The zero-order chi connectivity index (χ0) is 17.7. The molecule has 0 aliphatic heterocycles. The van der Waals surface area contributed by atoms with Crippen molar-refractivity contribution in [1.82, 2.24) is 25.6 Å². The molecule has 132 valence electrons. The van der Waals surface area contributed by atoms with Gasteiger partial charge in [0, 0.05) is 19.1 Å². The lowest BCUT2D eigenvalue weighted by atomic mass is 10.1. The highest BCUT2D eigenvalue weighted by Gasteiger charge is 2.19. The number of alkyl carbamates (subject to hydrolysis) is 1. The fraction of sp³-hybridized carbons (Fsp3) is 0.812. The second-order valence-corrected chi connectivity index (χ2v) is 7.71. The van der Waals surface area contributed by atoms with Crippen LogP contribution >= 0.6 is 0 Å². The standard InChI is InChI=1S/C16H31N5O2/c1-8-12(18-14(22)23-16(5,6)7)9-17-10-13-11-21(20-19-13)15(2,3)4/h11-12,17H,8-10H2,1-7H3,(H,18,22). The van der Waals surface area contributed by atoms with Crippen LogP contribution in [0.25, 0.3) is 0 Å². The Kier molecular flexibility index (Phi) is 6.56. The summed E-state index contributed by atoms with van der Waals surface area (Å²) >= 11 is 0. The Morgan fingerprint density at radius 2 is 1.96 bits per heavy atom. The molecule has 0 aromatic carbocycles. The first kappa shape index (κ1) is 19.4. The van der Waals surface area contributed by atoms with E-state index >= 15 is 0 Å². The van der Waals surface area contributed by atoms with E-state index in [-0.39, 0.29) is 17.7 Å². The number of hydrogen-bond acceptors (Lipinski definition) is 5. The van der Waals surface area contributed by atoms with Gasteiger partial charge >= 0.3 is 6.09 Å². The number of amides is 1. The molecular formula is C16H31N5O2. The van der Waals surface area contributed by atoms with Gasteiger partial charge in [0.1, 0.15) is 5.60 Å². The summed E-state index contributed by atoms with van der Waals surface area (Å²) < 4.78 is 7.12. The van der Waals surface area contributed by atoms with Gasteiger partial charge in [-0.25, -0.2) is 9.48 Å². The van der Waals surface area contributed by atoms with Crippen molar-refractivity contribution in [3.05, 3.63) is 11.9 Å². The average Bonchev–Trinajstić information content (AvgIpc) is 2.84. The summed E-state index contributed by atoms with van der Waals surface area (Å²) in [7, 11) is 0. The van der Waals surface area contributed by atoms with E-state index in [1.165, 1.54) is 0 Å². The Labute approximate surface area is 139 Å². The number of carbonyl (C=O) groups excluding carboxylic acids is 1. The number of hydrogen-bond donors (Lipinski definition) is 2. The van der Waals surface area contributed by atoms with Crippen LogP contribution in [0.4, 0.5) is 4.79 Å². The second-order valence-electron chi connectivity index (χ2n) is 7.71. The average molecular weight is 325 g/mol. The van der Waals surface area contributed by atoms with Gasteiger partial charge in [-0.2, -0.15) is 0 Å². The van der Waals surface area contributed by atoms with Crippen molar-refractivity contribution in [2.24, 2.45) is 0 Å². The Hall–Kier alpha value is -1.63. The van der Waals surface area contributed by atoms with Crippen molar-refractivity contribution in [3.63, 3.8) is 0 Å². The number of nitrogens with one attached hydrogen (secondary N) is 2. The van der Waals surface area contributed by atoms with Crippen LogP contribution in [0.15, 0.2) is 6.20 Å². The predicted octanol–water partition coefficient (Wildman–Crippen LogP) is 2.43. The quantitative estimate of drug-likeness (QED) is 0.839. The monoisotopic (exact) mass is 325 g/mol. The third-order valence-corrected chi connectivity index (χ3v) is 3.14. The molecule has 23 heavy (non-hydrogen) atoms. The van der Waals surface area contributed by atoms with Crippen LogP contribution in [0.2, 0.25) is 0 Å².